The molecule has 0 bridgehead atoms. The Labute approximate surface area is 99.2 Å². The Hall–Kier alpha value is -0.570. The van der Waals surface area contributed by atoms with Crippen molar-refractivity contribution in [3.8, 4) is 0 Å². The van der Waals surface area contributed by atoms with Crippen molar-refractivity contribution >= 4 is 5.91 Å². The van der Waals surface area contributed by atoms with Gasteiger partial charge in [0.15, 0.2) is 0 Å². The Kier molecular flexibility index (Phi) is 5.26. The second kappa shape index (κ2) is 6.24. The fraction of sp³-hybridized carbons (Fsp3) is 0.923. The molecule has 0 spiro atoms. The third-order valence-electron chi connectivity index (χ3n) is 3.50. The first-order chi connectivity index (χ1) is 7.50. The standard InChI is InChI=1S/C13H26N2O/c1-9(2)8-15-12(13(14)16)11-6-4-5-10(3)7-11/h9-12,15H,4-8H2,1-3H3,(H2,14,16). The van der Waals surface area contributed by atoms with E-state index in [4.69, 9.17) is 5.73 Å². The maximum atomic E-state index is 11.5. The number of hydrogen-bond acceptors (Lipinski definition) is 2. The summed E-state index contributed by atoms with van der Waals surface area (Å²) in [7, 11) is 0. The van der Waals surface area contributed by atoms with Crippen molar-refractivity contribution in [2.45, 2.75) is 52.5 Å². The molecular weight excluding hydrogens is 200 g/mol. The van der Waals surface area contributed by atoms with Crippen LogP contribution >= 0.6 is 0 Å². The number of nitrogens with two attached hydrogens (primary N) is 1. The van der Waals surface area contributed by atoms with Gasteiger partial charge in [0.25, 0.3) is 0 Å². The first-order valence-corrected chi connectivity index (χ1v) is 6.53. The van der Waals surface area contributed by atoms with E-state index in [1.54, 1.807) is 0 Å². The van der Waals surface area contributed by atoms with Crippen LogP contribution in [0.1, 0.15) is 46.5 Å². The van der Waals surface area contributed by atoms with Crippen LogP contribution in [0.3, 0.4) is 0 Å². The number of nitrogens with one attached hydrogen (secondary N) is 1. The Morgan fingerprint density at radius 1 is 1.44 bits per heavy atom. The van der Waals surface area contributed by atoms with E-state index < -0.39 is 0 Å². The quantitative estimate of drug-likeness (QED) is 0.752. The van der Waals surface area contributed by atoms with Crippen molar-refractivity contribution in [2.75, 3.05) is 6.54 Å². The van der Waals surface area contributed by atoms with E-state index in [-0.39, 0.29) is 11.9 Å². The number of hydrogen-bond donors (Lipinski definition) is 2. The maximum absolute atomic E-state index is 11.5. The van der Waals surface area contributed by atoms with E-state index in [0.29, 0.717) is 11.8 Å². The third kappa shape index (κ3) is 4.12. The summed E-state index contributed by atoms with van der Waals surface area (Å²) < 4.78 is 0. The van der Waals surface area contributed by atoms with Gasteiger partial charge in [0.05, 0.1) is 6.04 Å². The first kappa shape index (κ1) is 13.5. The molecular formula is C13H26N2O. The van der Waals surface area contributed by atoms with Crippen LogP contribution in [0.2, 0.25) is 0 Å². The van der Waals surface area contributed by atoms with Gasteiger partial charge in [-0.25, -0.2) is 0 Å². The topological polar surface area (TPSA) is 55.1 Å². The predicted octanol–water partition coefficient (Wildman–Crippen LogP) is 1.91. The lowest BCUT2D eigenvalue weighted by Gasteiger charge is -2.32. The molecule has 1 fully saturated rings. The zero-order chi connectivity index (χ0) is 12.1. The molecule has 0 aromatic heterocycles. The summed E-state index contributed by atoms with van der Waals surface area (Å²) >= 11 is 0. The Balaban J connectivity index is 2.51. The highest BCUT2D eigenvalue weighted by Crippen LogP contribution is 2.30. The highest BCUT2D eigenvalue weighted by atomic mass is 16.1. The van der Waals surface area contributed by atoms with Crippen LogP contribution in [-0.2, 0) is 4.79 Å². The van der Waals surface area contributed by atoms with E-state index in [1.807, 2.05) is 0 Å². The minimum Gasteiger partial charge on any atom is -0.368 e. The Morgan fingerprint density at radius 3 is 2.62 bits per heavy atom. The van der Waals surface area contributed by atoms with E-state index in [1.165, 1.54) is 12.8 Å². The molecule has 1 rings (SSSR count). The van der Waals surface area contributed by atoms with Gasteiger partial charge < -0.3 is 11.1 Å². The van der Waals surface area contributed by atoms with Crippen molar-refractivity contribution in [3.05, 3.63) is 0 Å². The summed E-state index contributed by atoms with van der Waals surface area (Å²) in [6, 6.07) is -0.120. The Bertz CT molecular complexity index is 228. The highest BCUT2D eigenvalue weighted by Gasteiger charge is 2.29. The van der Waals surface area contributed by atoms with Crippen LogP contribution in [0.4, 0.5) is 0 Å². The molecule has 0 saturated heterocycles. The van der Waals surface area contributed by atoms with Crippen LogP contribution in [0.5, 0.6) is 0 Å². The lowest BCUT2D eigenvalue weighted by molar-refractivity contribution is -0.121. The molecule has 1 saturated carbocycles. The monoisotopic (exact) mass is 226 g/mol. The average Bonchev–Trinajstić information content (AvgIpc) is 2.17. The number of rotatable bonds is 5. The highest BCUT2D eigenvalue weighted by molar-refractivity contribution is 5.80. The number of primary amides is 1. The van der Waals surface area contributed by atoms with Crippen molar-refractivity contribution in [1.29, 1.82) is 0 Å². The lowest BCUT2D eigenvalue weighted by Crippen LogP contribution is -2.48. The molecule has 3 nitrogen and oxygen atoms in total. The summed E-state index contributed by atoms with van der Waals surface area (Å²) in [5, 5.41) is 3.33. The van der Waals surface area contributed by atoms with Gasteiger partial charge in [-0.05, 0) is 37.1 Å². The zero-order valence-electron chi connectivity index (χ0n) is 10.8. The molecule has 3 heteroatoms. The van der Waals surface area contributed by atoms with Crippen molar-refractivity contribution < 1.29 is 4.79 Å². The third-order valence-corrected chi connectivity index (χ3v) is 3.50. The molecule has 16 heavy (non-hydrogen) atoms. The maximum Gasteiger partial charge on any atom is 0.234 e. The van der Waals surface area contributed by atoms with Gasteiger partial charge in [-0.15, -0.1) is 0 Å². The average molecular weight is 226 g/mol. The number of carbonyl (C=O) groups excluding carboxylic acids is 1. The van der Waals surface area contributed by atoms with Crippen molar-refractivity contribution in [3.63, 3.8) is 0 Å². The minimum absolute atomic E-state index is 0.120. The van der Waals surface area contributed by atoms with Crippen LogP contribution in [0.25, 0.3) is 0 Å². The van der Waals surface area contributed by atoms with Crippen LogP contribution in [0, 0.1) is 17.8 Å². The van der Waals surface area contributed by atoms with Gasteiger partial charge in [-0.1, -0.05) is 33.6 Å². The summed E-state index contributed by atoms with van der Waals surface area (Å²) in [6.07, 6.45) is 4.81. The molecule has 1 aliphatic carbocycles. The molecule has 3 N–H and O–H groups in total. The predicted molar refractivity (Wildman–Crippen MR) is 66.9 cm³/mol. The summed E-state index contributed by atoms with van der Waals surface area (Å²) in [5.74, 6) is 1.56. The normalized spacial score (nSPS) is 28.0. The second-order valence-corrected chi connectivity index (χ2v) is 5.71. The lowest BCUT2D eigenvalue weighted by atomic mass is 9.78. The summed E-state index contributed by atoms with van der Waals surface area (Å²) in [6.45, 7) is 7.44. The molecule has 3 atom stereocenters. The number of amides is 1. The van der Waals surface area contributed by atoms with E-state index in [2.05, 4.69) is 26.1 Å². The van der Waals surface area contributed by atoms with Crippen LogP contribution < -0.4 is 11.1 Å². The SMILES string of the molecule is CC(C)CNC(C(N)=O)C1CCCC(C)C1. The molecule has 0 heterocycles. The van der Waals surface area contributed by atoms with Gasteiger partial charge in [0.2, 0.25) is 5.91 Å². The first-order valence-electron chi connectivity index (χ1n) is 6.53. The van der Waals surface area contributed by atoms with E-state index in [0.717, 1.165) is 25.3 Å². The van der Waals surface area contributed by atoms with Gasteiger partial charge in [-0.2, -0.15) is 0 Å². The molecule has 1 amide bonds. The Morgan fingerprint density at radius 2 is 2.12 bits per heavy atom. The van der Waals surface area contributed by atoms with Crippen molar-refractivity contribution in [2.24, 2.45) is 23.5 Å². The number of carbonyl (C=O) groups is 1. The second-order valence-electron chi connectivity index (χ2n) is 5.71. The largest absolute Gasteiger partial charge is 0.368 e. The smallest absolute Gasteiger partial charge is 0.234 e. The molecule has 94 valence electrons. The fourth-order valence-corrected chi connectivity index (χ4v) is 2.65. The van der Waals surface area contributed by atoms with Gasteiger partial charge in [0, 0.05) is 0 Å². The van der Waals surface area contributed by atoms with Crippen molar-refractivity contribution in [1.82, 2.24) is 5.32 Å². The molecule has 0 aromatic rings. The minimum atomic E-state index is -0.181. The molecule has 0 aromatic carbocycles. The van der Waals surface area contributed by atoms with E-state index >= 15 is 0 Å². The van der Waals surface area contributed by atoms with Gasteiger partial charge in [-0.3, -0.25) is 4.79 Å². The van der Waals surface area contributed by atoms with Crippen LogP contribution in [0.15, 0.2) is 0 Å². The van der Waals surface area contributed by atoms with E-state index in [9.17, 15) is 4.79 Å². The fourth-order valence-electron chi connectivity index (χ4n) is 2.65. The van der Waals surface area contributed by atoms with Gasteiger partial charge in [0.1, 0.15) is 0 Å². The van der Waals surface area contributed by atoms with Crippen LogP contribution in [-0.4, -0.2) is 18.5 Å². The summed E-state index contributed by atoms with van der Waals surface area (Å²) in [4.78, 5) is 11.5. The zero-order valence-corrected chi connectivity index (χ0v) is 10.8. The van der Waals surface area contributed by atoms with Gasteiger partial charge >= 0.3 is 0 Å². The molecule has 0 aliphatic heterocycles. The molecule has 0 radical (unpaired) electrons. The molecule has 3 unspecified atom stereocenters. The molecule has 1 aliphatic rings. The summed E-state index contributed by atoms with van der Waals surface area (Å²) in [5.41, 5.74) is 5.50.